The molecule has 0 fully saturated rings. The third-order valence-electron chi connectivity index (χ3n) is 5.81. The summed E-state index contributed by atoms with van der Waals surface area (Å²) in [6.07, 6.45) is 0.536. The normalized spacial score (nSPS) is 11.7. The molecule has 0 aliphatic carbocycles. The van der Waals surface area contributed by atoms with Gasteiger partial charge in [0.25, 0.3) is 0 Å². The summed E-state index contributed by atoms with van der Waals surface area (Å²) in [5.74, 6) is 0.654. The maximum atomic E-state index is 13.8. The molecular formula is C29H32Cl2N2O3. The quantitative estimate of drug-likeness (QED) is 0.335. The Kier molecular flexibility index (Phi) is 10.2. The Hall–Kier alpha value is -3.02. The van der Waals surface area contributed by atoms with Crippen LogP contribution in [0.25, 0.3) is 0 Å². The van der Waals surface area contributed by atoms with Crippen LogP contribution in [0.3, 0.4) is 0 Å². The van der Waals surface area contributed by atoms with Gasteiger partial charge in [0.15, 0.2) is 0 Å². The highest BCUT2D eigenvalue weighted by Gasteiger charge is 2.30. The highest BCUT2D eigenvalue weighted by molar-refractivity contribution is 6.42. The Labute approximate surface area is 223 Å². The molecule has 0 saturated heterocycles. The third-order valence-corrected chi connectivity index (χ3v) is 6.55. The molecule has 5 nitrogen and oxygen atoms in total. The minimum Gasteiger partial charge on any atom is -0.497 e. The van der Waals surface area contributed by atoms with Crippen LogP contribution < -0.4 is 10.1 Å². The third kappa shape index (κ3) is 8.00. The Morgan fingerprint density at radius 1 is 0.889 bits per heavy atom. The van der Waals surface area contributed by atoms with E-state index in [-0.39, 0.29) is 30.7 Å². The predicted molar refractivity (Wildman–Crippen MR) is 145 cm³/mol. The molecule has 3 rings (SSSR count). The molecule has 0 aromatic heterocycles. The molecular weight excluding hydrogens is 495 g/mol. The summed E-state index contributed by atoms with van der Waals surface area (Å²) in [5.41, 5.74) is 2.60. The number of hydrogen-bond acceptors (Lipinski definition) is 3. The van der Waals surface area contributed by atoms with Crippen LogP contribution in [0.4, 0.5) is 0 Å². The molecule has 0 spiro atoms. The summed E-state index contributed by atoms with van der Waals surface area (Å²) in [7, 11) is 1.60. The SMILES string of the molecule is COc1ccc(CC(=O)N(Cc2ccc(Cl)c(Cl)c2)C(Cc2ccccc2)C(=O)NCC(C)C)cc1. The summed E-state index contributed by atoms with van der Waals surface area (Å²) in [5, 5.41) is 3.87. The van der Waals surface area contributed by atoms with Gasteiger partial charge in [0.2, 0.25) is 11.8 Å². The number of nitrogens with zero attached hydrogens (tertiary/aromatic N) is 1. The van der Waals surface area contributed by atoms with Crippen molar-refractivity contribution in [2.75, 3.05) is 13.7 Å². The highest BCUT2D eigenvalue weighted by Crippen LogP contribution is 2.25. The van der Waals surface area contributed by atoms with Crippen molar-refractivity contribution < 1.29 is 14.3 Å². The first-order valence-electron chi connectivity index (χ1n) is 11.9. The van der Waals surface area contributed by atoms with Gasteiger partial charge >= 0.3 is 0 Å². The predicted octanol–water partition coefficient (Wildman–Crippen LogP) is 5.96. The first-order valence-corrected chi connectivity index (χ1v) is 12.7. The average molecular weight is 527 g/mol. The van der Waals surface area contributed by atoms with Crippen molar-refractivity contribution in [3.63, 3.8) is 0 Å². The van der Waals surface area contributed by atoms with Gasteiger partial charge in [0, 0.05) is 19.5 Å². The maximum Gasteiger partial charge on any atom is 0.243 e. The first kappa shape index (κ1) is 27.6. The first-order chi connectivity index (χ1) is 17.3. The number of nitrogens with one attached hydrogen (secondary N) is 1. The number of ether oxygens (including phenoxy) is 1. The monoisotopic (exact) mass is 526 g/mol. The molecule has 0 aliphatic rings. The van der Waals surface area contributed by atoms with Crippen molar-refractivity contribution in [2.24, 2.45) is 5.92 Å². The number of amides is 2. The Morgan fingerprint density at radius 2 is 1.56 bits per heavy atom. The van der Waals surface area contributed by atoms with Gasteiger partial charge in [-0.15, -0.1) is 0 Å². The minimum absolute atomic E-state index is 0.147. The fourth-order valence-electron chi connectivity index (χ4n) is 3.83. The van der Waals surface area contributed by atoms with Gasteiger partial charge in [-0.3, -0.25) is 9.59 Å². The van der Waals surface area contributed by atoms with Crippen molar-refractivity contribution in [3.05, 3.63) is 99.5 Å². The summed E-state index contributed by atoms with van der Waals surface area (Å²) in [6, 6.07) is 21.7. The van der Waals surface area contributed by atoms with E-state index in [2.05, 4.69) is 5.32 Å². The topological polar surface area (TPSA) is 58.6 Å². The zero-order valence-corrected chi connectivity index (χ0v) is 22.4. The van der Waals surface area contributed by atoms with Gasteiger partial charge in [-0.1, -0.05) is 85.6 Å². The van der Waals surface area contributed by atoms with E-state index in [1.807, 2.05) is 74.5 Å². The van der Waals surface area contributed by atoms with Gasteiger partial charge in [0.1, 0.15) is 11.8 Å². The van der Waals surface area contributed by atoms with E-state index in [4.69, 9.17) is 27.9 Å². The minimum atomic E-state index is -0.702. The molecule has 7 heteroatoms. The second-order valence-electron chi connectivity index (χ2n) is 9.14. The van der Waals surface area contributed by atoms with Crippen molar-refractivity contribution >= 4 is 35.0 Å². The van der Waals surface area contributed by atoms with Crippen molar-refractivity contribution in [1.82, 2.24) is 10.2 Å². The number of carbonyl (C=O) groups excluding carboxylic acids is 2. The van der Waals surface area contributed by atoms with Crippen LogP contribution in [0.15, 0.2) is 72.8 Å². The fourth-order valence-corrected chi connectivity index (χ4v) is 4.15. The average Bonchev–Trinajstić information content (AvgIpc) is 2.87. The lowest BCUT2D eigenvalue weighted by atomic mass is 10.0. The molecule has 0 bridgehead atoms. The van der Waals surface area contributed by atoms with Crippen LogP contribution in [0.1, 0.15) is 30.5 Å². The molecule has 0 heterocycles. The molecule has 3 aromatic rings. The molecule has 1 N–H and O–H groups in total. The van der Waals surface area contributed by atoms with Gasteiger partial charge in [-0.25, -0.2) is 0 Å². The molecule has 1 atom stereocenters. The summed E-state index contributed by atoms with van der Waals surface area (Å²) < 4.78 is 5.23. The Morgan fingerprint density at radius 3 is 2.17 bits per heavy atom. The van der Waals surface area contributed by atoms with Gasteiger partial charge in [-0.2, -0.15) is 0 Å². The molecule has 0 aliphatic heterocycles. The zero-order chi connectivity index (χ0) is 26.1. The van der Waals surface area contributed by atoms with Gasteiger partial charge in [0.05, 0.1) is 23.6 Å². The molecule has 190 valence electrons. The van der Waals surface area contributed by atoms with E-state index in [9.17, 15) is 9.59 Å². The Bertz CT molecular complexity index is 1150. The van der Waals surface area contributed by atoms with Crippen molar-refractivity contribution in [1.29, 1.82) is 0 Å². The lowest BCUT2D eigenvalue weighted by Gasteiger charge is -2.32. The van der Waals surface area contributed by atoms with E-state index in [0.29, 0.717) is 28.8 Å². The van der Waals surface area contributed by atoms with Crippen LogP contribution in [0.2, 0.25) is 10.0 Å². The molecule has 3 aromatic carbocycles. The summed E-state index contributed by atoms with van der Waals surface area (Å²) >= 11 is 12.4. The van der Waals surface area contributed by atoms with Crippen LogP contribution in [-0.4, -0.2) is 36.4 Å². The molecule has 0 radical (unpaired) electrons. The number of benzene rings is 3. The highest BCUT2D eigenvalue weighted by atomic mass is 35.5. The molecule has 2 amide bonds. The van der Waals surface area contributed by atoms with E-state index in [0.717, 1.165) is 16.7 Å². The summed E-state index contributed by atoms with van der Waals surface area (Å²) in [4.78, 5) is 28.9. The van der Waals surface area contributed by atoms with Gasteiger partial charge in [-0.05, 0) is 46.9 Å². The number of carbonyl (C=O) groups is 2. The van der Waals surface area contributed by atoms with E-state index >= 15 is 0 Å². The summed E-state index contributed by atoms with van der Waals surface area (Å²) in [6.45, 7) is 4.82. The largest absolute Gasteiger partial charge is 0.497 e. The van der Waals surface area contributed by atoms with Crippen LogP contribution in [-0.2, 0) is 29.0 Å². The van der Waals surface area contributed by atoms with Crippen molar-refractivity contribution in [2.45, 2.75) is 39.3 Å². The fraction of sp³-hybridized carbons (Fsp3) is 0.310. The van der Waals surface area contributed by atoms with E-state index in [1.54, 1.807) is 24.1 Å². The van der Waals surface area contributed by atoms with Crippen LogP contribution in [0, 0.1) is 5.92 Å². The lowest BCUT2D eigenvalue weighted by Crippen LogP contribution is -2.51. The maximum absolute atomic E-state index is 13.8. The Balaban J connectivity index is 1.96. The number of hydrogen-bond donors (Lipinski definition) is 1. The lowest BCUT2D eigenvalue weighted by molar-refractivity contribution is -0.140. The second kappa shape index (κ2) is 13.3. The number of methoxy groups -OCH3 is 1. The molecule has 1 unspecified atom stereocenters. The van der Waals surface area contributed by atoms with E-state index in [1.165, 1.54) is 0 Å². The molecule has 0 saturated carbocycles. The number of rotatable bonds is 11. The second-order valence-corrected chi connectivity index (χ2v) is 9.95. The van der Waals surface area contributed by atoms with Crippen molar-refractivity contribution in [3.8, 4) is 5.75 Å². The smallest absolute Gasteiger partial charge is 0.243 e. The molecule has 36 heavy (non-hydrogen) atoms. The van der Waals surface area contributed by atoms with Crippen LogP contribution in [0.5, 0.6) is 5.75 Å². The van der Waals surface area contributed by atoms with Gasteiger partial charge < -0.3 is 15.0 Å². The van der Waals surface area contributed by atoms with Crippen LogP contribution >= 0.6 is 23.2 Å². The standard InChI is InChI=1S/C29H32Cl2N2O3/c1-20(2)18-32-29(35)27(16-21-7-5-4-6-8-21)33(19-23-11-14-25(30)26(31)15-23)28(34)17-22-9-12-24(36-3)13-10-22/h4-15,20,27H,16-19H2,1-3H3,(H,32,35). The zero-order valence-electron chi connectivity index (χ0n) is 20.8. The number of halogens is 2. The van der Waals surface area contributed by atoms with E-state index < -0.39 is 6.04 Å².